The summed E-state index contributed by atoms with van der Waals surface area (Å²) in [7, 11) is -8.76. The van der Waals surface area contributed by atoms with E-state index < -0.39 is 125 Å². The third kappa shape index (κ3) is 14.9. The first kappa shape index (κ1) is 63.9. The van der Waals surface area contributed by atoms with E-state index in [2.05, 4.69) is 36.0 Å². The van der Waals surface area contributed by atoms with Gasteiger partial charge in [-0.05, 0) is 137 Å². The van der Waals surface area contributed by atoms with Gasteiger partial charge >= 0.3 is 12.1 Å². The molecule has 2 aliphatic carbocycles. The number of benzene rings is 2. The molecule has 2 aromatic carbocycles. The molecule has 2 unspecified atom stereocenters. The molecule has 0 spiro atoms. The Morgan fingerprint density at radius 3 is 1.30 bits per heavy atom. The lowest BCUT2D eigenvalue weighted by Crippen LogP contribution is -2.62. The predicted octanol–water partition coefficient (Wildman–Crippen LogP) is 4.93. The highest BCUT2D eigenvalue weighted by molar-refractivity contribution is 7.90. The van der Waals surface area contributed by atoms with E-state index in [0.29, 0.717) is 18.4 Å². The van der Waals surface area contributed by atoms with Gasteiger partial charge in [0, 0.05) is 13.1 Å². The van der Waals surface area contributed by atoms with Crippen molar-refractivity contribution in [2.45, 2.75) is 199 Å². The van der Waals surface area contributed by atoms with Crippen LogP contribution in [-0.4, -0.2) is 128 Å². The lowest BCUT2D eigenvalue weighted by Gasteiger charge is -2.38. The van der Waals surface area contributed by atoms with Crippen molar-refractivity contribution in [3.8, 4) is 0 Å². The van der Waals surface area contributed by atoms with Gasteiger partial charge < -0.3 is 41.1 Å². The number of sulfonamides is 2. The fourth-order valence-corrected chi connectivity index (χ4v) is 12.8. The quantitative estimate of drug-likeness (QED) is 0.104. The molecule has 0 aromatic heterocycles. The van der Waals surface area contributed by atoms with Gasteiger partial charge in [0.25, 0.3) is 31.9 Å². The average Bonchev–Trinajstić information content (AvgIpc) is 4.20. The number of hydrogen-bond donors (Lipinski definition) is 7. The summed E-state index contributed by atoms with van der Waals surface area (Å²) in [5.74, 6) is -4.90. The molecule has 2 aliphatic heterocycles. The number of alkyl carbamates (subject to hydrolysis) is 1. The first-order valence-corrected chi connectivity index (χ1v) is 30.8. The largest absolute Gasteiger partial charge is 0.444 e. The second kappa shape index (κ2) is 23.2. The molecule has 9 amide bonds. The summed E-state index contributed by atoms with van der Waals surface area (Å²) in [5.41, 5.74) is -6.32. The number of urea groups is 1. The van der Waals surface area contributed by atoms with Gasteiger partial charge in [-0.15, -0.1) is 0 Å². The highest BCUT2D eigenvalue weighted by atomic mass is 32.2. The maximum atomic E-state index is 14.7. The summed E-state index contributed by atoms with van der Waals surface area (Å²) in [6.45, 7) is 27.1. The van der Waals surface area contributed by atoms with Crippen molar-refractivity contribution in [2.75, 3.05) is 13.1 Å². The van der Waals surface area contributed by atoms with E-state index in [1.165, 1.54) is 58.3 Å². The molecule has 7 N–H and O–H groups in total. The fourth-order valence-electron chi connectivity index (χ4n) is 10.7. The molecule has 24 heteroatoms. The third-order valence-electron chi connectivity index (χ3n) is 15.8. The number of nitrogens with one attached hydrogen (secondary N) is 7. The first-order valence-electron chi connectivity index (χ1n) is 27.8. The predicted molar refractivity (Wildman–Crippen MR) is 301 cm³/mol. The van der Waals surface area contributed by atoms with Crippen molar-refractivity contribution in [1.82, 2.24) is 45.8 Å². The molecule has 2 aromatic rings. The average molecular weight is 1170 g/mol. The van der Waals surface area contributed by atoms with Crippen LogP contribution in [0.5, 0.6) is 0 Å². The Labute approximate surface area is 477 Å². The van der Waals surface area contributed by atoms with Gasteiger partial charge in [-0.3, -0.25) is 28.8 Å². The summed E-state index contributed by atoms with van der Waals surface area (Å²) >= 11 is 0. The van der Waals surface area contributed by atoms with Crippen LogP contribution in [0.2, 0.25) is 0 Å². The Morgan fingerprint density at radius 2 is 0.938 bits per heavy atom. The van der Waals surface area contributed by atoms with Crippen molar-refractivity contribution in [3.63, 3.8) is 0 Å². The molecule has 6 rings (SSSR count). The zero-order chi connectivity index (χ0) is 60.8. The molecule has 2 saturated carbocycles. The number of likely N-dealkylation sites (tertiary alicyclic amines) is 2. The Bertz CT molecular complexity index is 2970. The third-order valence-corrected chi connectivity index (χ3v) is 18.5. The van der Waals surface area contributed by atoms with Crippen LogP contribution in [0.1, 0.15) is 148 Å². The molecule has 6 atom stereocenters. The van der Waals surface area contributed by atoms with Crippen molar-refractivity contribution in [1.29, 1.82) is 0 Å². The minimum absolute atomic E-state index is 0.0612. The van der Waals surface area contributed by atoms with Crippen LogP contribution in [0, 0.1) is 34.5 Å². The van der Waals surface area contributed by atoms with Crippen molar-refractivity contribution >= 4 is 67.6 Å². The molecule has 0 radical (unpaired) electrons. The van der Waals surface area contributed by atoms with Gasteiger partial charge in [0.05, 0.1) is 15.3 Å². The summed E-state index contributed by atoms with van der Waals surface area (Å²) in [5, 5.41) is 14.0. The standard InChI is InChI=1S/C57H85N9O13S2/c1-33(2)38-25-31-65(40(38)44(67)60-56(27-28-56)48(71)63-80(75,76)36-19-17-16-18-20-36)46(69)42(52(5,6)7)58-50(73)62-55(14,15)35-21-23-37(24-22-35)81(77,78)64-49(72)57(29-30-57)61-45(68)41-39(34(3)4)26-32-66(41)47(70)43(53(8,9)10)59-51(74)79-54(11,12)13/h16-24,33-34,38-43H,25-32H2,1-15H3,(H,59,74)(H,60,67)(H,61,68)(H,63,71)(H,64,72)(H2,58,62,73)/t38-,39-,40+,41+,42?,43?/m1/s1. The van der Waals surface area contributed by atoms with Crippen LogP contribution >= 0.6 is 0 Å². The van der Waals surface area contributed by atoms with Crippen LogP contribution in [-0.2, 0) is 59.1 Å². The Balaban J connectivity index is 1.10. The first-order chi connectivity index (χ1) is 37.1. The van der Waals surface area contributed by atoms with Gasteiger partial charge in [-0.1, -0.05) is 99.6 Å². The minimum Gasteiger partial charge on any atom is -0.444 e. The zero-order valence-corrected chi connectivity index (χ0v) is 51.1. The minimum atomic E-state index is -4.52. The van der Waals surface area contributed by atoms with Gasteiger partial charge in [-0.25, -0.2) is 35.9 Å². The fraction of sp³-hybridized carbons (Fsp3) is 0.649. The Hall–Kier alpha value is -6.30. The lowest BCUT2D eigenvalue weighted by molar-refractivity contribution is -0.144. The van der Waals surface area contributed by atoms with Crippen LogP contribution in [0.25, 0.3) is 0 Å². The molecule has 2 heterocycles. The number of rotatable bonds is 18. The van der Waals surface area contributed by atoms with E-state index in [9.17, 15) is 55.2 Å². The number of hydrogen-bond acceptors (Lipinski definition) is 13. The number of carbonyl (C=O) groups is 8. The van der Waals surface area contributed by atoms with Gasteiger partial charge in [-0.2, -0.15) is 0 Å². The maximum Gasteiger partial charge on any atom is 0.408 e. The van der Waals surface area contributed by atoms with E-state index >= 15 is 0 Å². The second-order valence-corrected chi connectivity index (χ2v) is 30.0. The molecule has 4 fully saturated rings. The van der Waals surface area contributed by atoms with Gasteiger partial charge in [0.2, 0.25) is 23.6 Å². The number of nitrogens with zero attached hydrogens (tertiary/aromatic N) is 2. The molecule has 4 aliphatic rings. The van der Waals surface area contributed by atoms with E-state index in [1.54, 1.807) is 82.2 Å². The van der Waals surface area contributed by atoms with Gasteiger partial charge in [0.1, 0.15) is 40.8 Å². The molecular formula is C57H85N9O13S2. The second-order valence-electron chi connectivity index (χ2n) is 26.7. The van der Waals surface area contributed by atoms with Crippen molar-refractivity contribution in [3.05, 3.63) is 60.2 Å². The molecule has 22 nitrogen and oxygen atoms in total. The van der Waals surface area contributed by atoms with Crippen LogP contribution in [0.3, 0.4) is 0 Å². The zero-order valence-electron chi connectivity index (χ0n) is 49.5. The monoisotopic (exact) mass is 1170 g/mol. The lowest BCUT2D eigenvalue weighted by atomic mass is 9.84. The van der Waals surface area contributed by atoms with Crippen LogP contribution in [0.15, 0.2) is 64.4 Å². The van der Waals surface area contributed by atoms with Gasteiger partial charge in [0.15, 0.2) is 0 Å². The maximum absolute atomic E-state index is 14.7. The van der Waals surface area contributed by atoms with E-state index in [1.807, 2.05) is 27.7 Å². The summed E-state index contributed by atoms with van der Waals surface area (Å²) in [6.07, 6.45) is 0.783. The van der Waals surface area contributed by atoms with E-state index in [4.69, 9.17) is 4.74 Å². The van der Waals surface area contributed by atoms with Crippen LogP contribution < -0.4 is 36.0 Å². The highest BCUT2D eigenvalue weighted by Gasteiger charge is 2.57. The Morgan fingerprint density at radius 1 is 0.556 bits per heavy atom. The molecule has 0 bridgehead atoms. The van der Waals surface area contributed by atoms with Crippen molar-refractivity contribution in [2.24, 2.45) is 34.5 Å². The summed E-state index contributed by atoms with van der Waals surface area (Å²) in [6, 6.07) is 7.75. The normalized spacial score (nSPS) is 21.5. The molecule has 2 saturated heterocycles. The van der Waals surface area contributed by atoms with Crippen molar-refractivity contribution < 1.29 is 59.9 Å². The van der Waals surface area contributed by atoms with E-state index in [0.717, 1.165) is 0 Å². The van der Waals surface area contributed by atoms with Crippen LogP contribution in [0.4, 0.5) is 9.59 Å². The molecular weight excluding hydrogens is 1080 g/mol. The number of amides is 9. The highest BCUT2D eigenvalue weighted by Crippen LogP contribution is 2.41. The Kier molecular flexibility index (Phi) is 18.3. The van der Waals surface area contributed by atoms with E-state index in [-0.39, 0.29) is 72.2 Å². The number of ether oxygens (including phenoxy) is 1. The number of carbonyl (C=O) groups excluding carboxylic acids is 8. The topological polar surface area (TPSA) is 305 Å². The SMILES string of the molecule is CC(C)[C@H]1CCN(C(=O)C(NC(=O)NC(C)(C)c2ccc(S(=O)(=O)NC(=O)C3(NC(=O)[C@@H]4[C@@H](C(C)C)CCN4C(=O)C(NC(=O)OC(C)(C)C)C(C)(C)C)CC3)cc2)C(C)(C)C)[C@@H]1C(=O)NC1(C(=O)NS(=O)(=O)c2ccccc2)CC1. The molecule has 81 heavy (non-hydrogen) atoms. The molecule has 448 valence electrons. The smallest absolute Gasteiger partial charge is 0.408 e. The summed E-state index contributed by atoms with van der Waals surface area (Å²) in [4.78, 5) is 114. The summed E-state index contributed by atoms with van der Waals surface area (Å²) < 4.78 is 63.4.